The number of nitrogens with zero attached hydrogens (tertiary/aromatic N) is 3. The van der Waals surface area contributed by atoms with Crippen LogP contribution in [0.15, 0.2) is 107 Å². The van der Waals surface area contributed by atoms with E-state index in [0.717, 1.165) is 4.31 Å². The maximum atomic E-state index is 13.7. The van der Waals surface area contributed by atoms with E-state index in [4.69, 9.17) is 0 Å². The predicted octanol–water partition coefficient (Wildman–Crippen LogP) is 4.34. The molecular formula is C33H26N4O6S. The second-order valence-corrected chi connectivity index (χ2v) is 12.3. The average molecular weight is 607 g/mol. The molecule has 44 heavy (non-hydrogen) atoms. The zero-order valence-corrected chi connectivity index (χ0v) is 24.8. The van der Waals surface area contributed by atoms with E-state index in [1.807, 2.05) is 6.07 Å². The van der Waals surface area contributed by atoms with Crippen LogP contribution in [0.3, 0.4) is 0 Å². The molecule has 1 N–H and O–H groups in total. The Bertz CT molecular complexity index is 2180. The van der Waals surface area contributed by atoms with E-state index in [1.54, 1.807) is 67.2 Å². The minimum Gasteiger partial charge on any atom is -0.322 e. The van der Waals surface area contributed by atoms with Crippen molar-refractivity contribution in [2.24, 2.45) is 7.05 Å². The lowest BCUT2D eigenvalue weighted by Gasteiger charge is -2.19. The second-order valence-electron chi connectivity index (χ2n) is 10.3. The number of aromatic nitrogens is 2. The van der Waals surface area contributed by atoms with E-state index < -0.39 is 21.5 Å². The van der Waals surface area contributed by atoms with Crippen LogP contribution in [0.2, 0.25) is 0 Å². The second kappa shape index (κ2) is 10.6. The molecule has 0 fully saturated rings. The molecule has 1 amide bonds. The van der Waals surface area contributed by atoms with E-state index in [9.17, 15) is 27.6 Å². The standard InChI is InChI=1S/C33H26N4O6S/c1-20-29(33(41)37(35(20)2)23-11-5-4-6-12-23)36(3)44(42,43)24-13-9-10-21(18-24)32(40)34-22-16-17-27-28(19-22)31(39)26-15-8-7-14-25(26)30(27)38/h4-19H,1-3H3,(H,34,40). The van der Waals surface area contributed by atoms with E-state index in [-0.39, 0.29) is 44.5 Å². The van der Waals surface area contributed by atoms with Gasteiger partial charge in [-0.1, -0.05) is 48.5 Å². The topological polar surface area (TPSA) is 128 Å². The van der Waals surface area contributed by atoms with E-state index in [2.05, 4.69) is 5.32 Å². The third kappa shape index (κ3) is 4.54. The molecule has 0 radical (unpaired) electrons. The number of amides is 1. The Morgan fingerprint density at radius 1 is 0.750 bits per heavy atom. The first-order valence-corrected chi connectivity index (χ1v) is 15.0. The van der Waals surface area contributed by atoms with E-state index in [1.165, 1.54) is 54.2 Å². The summed E-state index contributed by atoms with van der Waals surface area (Å²) < 4.78 is 31.3. The van der Waals surface area contributed by atoms with Crippen LogP contribution in [-0.4, -0.2) is 42.3 Å². The molecule has 0 saturated heterocycles. The van der Waals surface area contributed by atoms with Crippen molar-refractivity contribution in [2.75, 3.05) is 16.7 Å². The number of carbonyl (C=O) groups is 3. The number of anilines is 2. The smallest absolute Gasteiger partial charge is 0.296 e. The Balaban J connectivity index is 1.28. The third-order valence-corrected chi connectivity index (χ3v) is 9.53. The first-order chi connectivity index (χ1) is 21.0. The number of carbonyl (C=O) groups excluding carboxylic acids is 3. The number of fused-ring (bicyclic) bond motifs is 2. The number of para-hydroxylation sites is 1. The lowest BCUT2D eigenvalue weighted by atomic mass is 9.84. The highest BCUT2D eigenvalue weighted by molar-refractivity contribution is 7.92. The largest absolute Gasteiger partial charge is 0.322 e. The van der Waals surface area contributed by atoms with Gasteiger partial charge in [0.15, 0.2) is 11.6 Å². The molecule has 0 saturated carbocycles. The maximum Gasteiger partial charge on any atom is 0.296 e. The van der Waals surface area contributed by atoms with Crippen molar-refractivity contribution in [3.63, 3.8) is 0 Å². The number of hydrogen-bond donors (Lipinski definition) is 1. The number of ketones is 2. The monoisotopic (exact) mass is 606 g/mol. The molecule has 4 aromatic carbocycles. The van der Waals surface area contributed by atoms with Gasteiger partial charge in [0.2, 0.25) is 0 Å². The van der Waals surface area contributed by atoms with Crippen molar-refractivity contribution < 1.29 is 22.8 Å². The van der Waals surface area contributed by atoms with Crippen molar-refractivity contribution >= 4 is 38.9 Å². The molecule has 0 aliphatic heterocycles. The molecule has 220 valence electrons. The van der Waals surface area contributed by atoms with Gasteiger partial charge in [-0.15, -0.1) is 0 Å². The third-order valence-electron chi connectivity index (χ3n) is 7.78. The van der Waals surface area contributed by atoms with Gasteiger partial charge in [0.1, 0.15) is 5.69 Å². The van der Waals surface area contributed by atoms with Crippen LogP contribution in [0.1, 0.15) is 47.9 Å². The maximum absolute atomic E-state index is 13.7. The van der Waals surface area contributed by atoms with E-state index >= 15 is 0 Å². The molecule has 10 nitrogen and oxygen atoms in total. The summed E-state index contributed by atoms with van der Waals surface area (Å²) in [5.41, 5.74) is 1.80. The summed E-state index contributed by atoms with van der Waals surface area (Å²) in [5.74, 6) is -1.23. The van der Waals surface area contributed by atoms with Crippen molar-refractivity contribution in [1.29, 1.82) is 0 Å². The average Bonchev–Trinajstić information content (AvgIpc) is 3.26. The first kappa shape index (κ1) is 28.6. The highest BCUT2D eigenvalue weighted by Crippen LogP contribution is 2.30. The quantitative estimate of drug-likeness (QED) is 0.301. The zero-order valence-electron chi connectivity index (χ0n) is 23.9. The lowest BCUT2D eigenvalue weighted by Crippen LogP contribution is -2.32. The van der Waals surface area contributed by atoms with Crippen molar-refractivity contribution in [3.05, 3.63) is 141 Å². The molecule has 0 bridgehead atoms. The number of rotatable bonds is 6. The van der Waals surface area contributed by atoms with E-state index in [0.29, 0.717) is 22.5 Å². The lowest BCUT2D eigenvalue weighted by molar-refractivity contribution is 0.0979. The van der Waals surface area contributed by atoms with Gasteiger partial charge in [0, 0.05) is 47.6 Å². The fraction of sp³-hybridized carbons (Fsp3) is 0.0909. The molecule has 1 aliphatic rings. The minimum absolute atomic E-state index is 0.0268. The summed E-state index contributed by atoms with van der Waals surface area (Å²) >= 11 is 0. The number of sulfonamides is 1. The Kier molecular flexibility index (Phi) is 6.89. The number of nitrogens with one attached hydrogen (secondary N) is 1. The Labute approximate surface area is 252 Å². The van der Waals surface area contributed by atoms with Crippen molar-refractivity contribution in [1.82, 2.24) is 9.36 Å². The highest BCUT2D eigenvalue weighted by atomic mass is 32.2. The van der Waals surface area contributed by atoms with Gasteiger partial charge in [-0.3, -0.25) is 28.2 Å². The van der Waals surface area contributed by atoms with Crippen molar-refractivity contribution in [3.8, 4) is 5.69 Å². The number of hydrogen-bond acceptors (Lipinski definition) is 6. The SMILES string of the molecule is Cc1c(N(C)S(=O)(=O)c2cccc(C(=O)Nc3ccc4c(c3)C(=O)c3ccccc3C4=O)c2)c(=O)n(-c2ccccc2)n1C. The molecule has 0 spiro atoms. The van der Waals surface area contributed by atoms with Crippen molar-refractivity contribution in [2.45, 2.75) is 11.8 Å². The van der Waals surface area contributed by atoms with Crippen LogP contribution in [0, 0.1) is 6.92 Å². The molecule has 0 atom stereocenters. The first-order valence-electron chi connectivity index (χ1n) is 13.6. The van der Waals surface area contributed by atoms with Crippen LogP contribution in [0.25, 0.3) is 5.69 Å². The molecule has 1 aromatic heterocycles. The highest BCUT2D eigenvalue weighted by Gasteiger charge is 2.31. The van der Waals surface area contributed by atoms with Crippen LogP contribution >= 0.6 is 0 Å². The van der Waals surface area contributed by atoms with Gasteiger partial charge in [-0.05, 0) is 55.5 Å². The Hall–Kier alpha value is -5.55. The molecule has 5 aromatic rings. The van der Waals surface area contributed by atoms with Crippen LogP contribution in [0.5, 0.6) is 0 Å². The van der Waals surface area contributed by atoms with Crippen LogP contribution in [0.4, 0.5) is 11.4 Å². The molecule has 1 aliphatic carbocycles. The summed E-state index contributed by atoms with van der Waals surface area (Å²) in [6, 6.07) is 25.3. The normalized spacial score (nSPS) is 12.4. The fourth-order valence-corrected chi connectivity index (χ4v) is 6.67. The summed E-state index contributed by atoms with van der Waals surface area (Å²) in [5, 5.41) is 2.69. The van der Waals surface area contributed by atoms with Gasteiger partial charge in [-0.25, -0.2) is 13.1 Å². The van der Waals surface area contributed by atoms with Gasteiger partial charge in [0.25, 0.3) is 21.5 Å². The van der Waals surface area contributed by atoms with Gasteiger partial charge in [-0.2, -0.15) is 0 Å². The molecule has 6 rings (SSSR count). The Morgan fingerprint density at radius 2 is 1.36 bits per heavy atom. The summed E-state index contributed by atoms with van der Waals surface area (Å²) in [7, 11) is -1.30. The van der Waals surface area contributed by atoms with Gasteiger partial charge in [0.05, 0.1) is 16.3 Å². The fourth-order valence-electron chi connectivity index (χ4n) is 5.37. The van der Waals surface area contributed by atoms with Gasteiger partial charge < -0.3 is 5.32 Å². The minimum atomic E-state index is -4.26. The van der Waals surface area contributed by atoms with Gasteiger partial charge >= 0.3 is 0 Å². The van der Waals surface area contributed by atoms with Crippen LogP contribution in [-0.2, 0) is 17.1 Å². The molecule has 0 unspecified atom stereocenters. The Morgan fingerprint density at radius 3 is 2.05 bits per heavy atom. The molecular weight excluding hydrogens is 580 g/mol. The number of benzene rings is 4. The molecule has 1 heterocycles. The summed E-state index contributed by atoms with van der Waals surface area (Å²) in [6.07, 6.45) is 0. The van der Waals surface area contributed by atoms with Crippen LogP contribution < -0.4 is 15.2 Å². The molecule has 11 heteroatoms. The zero-order chi connectivity index (χ0) is 31.3. The predicted molar refractivity (Wildman–Crippen MR) is 165 cm³/mol. The summed E-state index contributed by atoms with van der Waals surface area (Å²) in [6.45, 7) is 1.65. The summed E-state index contributed by atoms with van der Waals surface area (Å²) in [4.78, 5) is 52.5.